The maximum Gasteiger partial charge on any atom is 0.253 e. The van der Waals surface area contributed by atoms with Crippen molar-refractivity contribution >= 4 is 29.1 Å². The first-order chi connectivity index (χ1) is 7.35. The minimum atomic E-state index is -0.681. The Bertz CT molecular complexity index is 405. The number of nitrogens with one attached hydrogen (secondary N) is 1. The van der Waals surface area contributed by atoms with Gasteiger partial charge in [-0.1, -0.05) is 23.2 Å². The number of halogens is 2. The third kappa shape index (κ3) is 3.37. The largest absolute Gasteiger partial charge is 0.394 e. The zero-order chi connectivity index (χ0) is 12.3. The maximum atomic E-state index is 11.8. The highest BCUT2D eigenvalue weighted by Crippen LogP contribution is 2.21. The van der Waals surface area contributed by atoms with E-state index < -0.39 is 5.54 Å². The van der Waals surface area contributed by atoms with Crippen molar-refractivity contribution in [3.63, 3.8) is 0 Å². The number of hydrogen-bond acceptors (Lipinski definition) is 2. The minimum Gasteiger partial charge on any atom is -0.394 e. The molecule has 1 amide bonds. The molecule has 0 fully saturated rings. The summed E-state index contributed by atoms with van der Waals surface area (Å²) in [6, 6.07) is 4.64. The molecule has 1 aromatic rings. The zero-order valence-corrected chi connectivity index (χ0v) is 10.6. The quantitative estimate of drug-likeness (QED) is 0.879. The van der Waals surface area contributed by atoms with Gasteiger partial charge in [0, 0.05) is 5.02 Å². The van der Waals surface area contributed by atoms with Gasteiger partial charge in [0.1, 0.15) is 0 Å². The summed E-state index contributed by atoms with van der Waals surface area (Å²) in [6.07, 6.45) is 0. The Morgan fingerprint density at radius 1 is 1.44 bits per heavy atom. The number of carbonyl (C=O) groups is 1. The van der Waals surface area contributed by atoms with Gasteiger partial charge < -0.3 is 10.4 Å². The Morgan fingerprint density at radius 3 is 2.56 bits per heavy atom. The van der Waals surface area contributed by atoms with Gasteiger partial charge in [-0.2, -0.15) is 0 Å². The van der Waals surface area contributed by atoms with Gasteiger partial charge in [-0.05, 0) is 32.0 Å². The lowest BCUT2D eigenvalue weighted by Crippen LogP contribution is -2.46. The van der Waals surface area contributed by atoms with Crippen molar-refractivity contribution in [3.05, 3.63) is 33.8 Å². The Labute approximate surface area is 104 Å². The second kappa shape index (κ2) is 5.04. The van der Waals surface area contributed by atoms with Crippen LogP contribution < -0.4 is 5.32 Å². The molecule has 0 aliphatic heterocycles. The fourth-order valence-corrected chi connectivity index (χ4v) is 1.58. The summed E-state index contributed by atoms with van der Waals surface area (Å²) in [5.41, 5.74) is -0.340. The van der Waals surface area contributed by atoms with Crippen molar-refractivity contribution in [2.45, 2.75) is 19.4 Å². The molecular weight excluding hydrogens is 249 g/mol. The molecule has 1 aromatic carbocycles. The van der Waals surface area contributed by atoms with Gasteiger partial charge in [0.2, 0.25) is 0 Å². The lowest BCUT2D eigenvalue weighted by Gasteiger charge is -2.23. The van der Waals surface area contributed by atoms with Crippen LogP contribution in [0.5, 0.6) is 0 Å². The van der Waals surface area contributed by atoms with E-state index in [0.29, 0.717) is 15.6 Å². The van der Waals surface area contributed by atoms with Crippen molar-refractivity contribution in [3.8, 4) is 0 Å². The van der Waals surface area contributed by atoms with Gasteiger partial charge in [-0.15, -0.1) is 0 Å². The number of carbonyl (C=O) groups excluding carboxylic acids is 1. The van der Waals surface area contributed by atoms with Crippen molar-refractivity contribution < 1.29 is 9.90 Å². The van der Waals surface area contributed by atoms with Crippen molar-refractivity contribution in [2.24, 2.45) is 0 Å². The minimum absolute atomic E-state index is 0.149. The van der Waals surface area contributed by atoms with Gasteiger partial charge in [0.25, 0.3) is 5.91 Å². The van der Waals surface area contributed by atoms with Crippen LogP contribution in [0.15, 0.2) is 18.2 Å². The molecule has 5 heteroatoms. The van der Waals surface area contributed by atoms with Crippen LogP contribution in [-0.4, -0.2) is 23.2 Å². The summed E-state index contributed by atoms with van der Waals surface area (Å²) in [4.78, 5) is 11.8. The van der Waals surface area contributed by atoms with Gasteiger partial charge in [-0.3, -0.25) is 4.79 Å². The lowest BCUT2D eigenvalue weighted by atomic mass is 10.1. The van der Waals surface area contributed by atoms with Crippen molar-refractivity contribution in [1.29, 1.82) is 0 Å². The summed E-state index contributed by atoms with van der Waals surface area (Å²) >= 11 is 11.6. The first kappa shape index (κ1) is 13.3. The van der Waals surface area contributed by atoms with Crippen LogP contribution in [0.4, 0.5) is 0 Å². The van der Waals surface area contributed by atoms with E-state index in [2.05, 4.69) is 5.32 Å². The highest BCUT2D eigenvalue weighted by Gasteiger charge is 2.21. The molecule has 1 rings (SSSR count). The van der Waals surface area contributed by atoms with E-state index in [1.54, 1.807) is 26.0 Å². The highest BCUT2D eigenvalue weighted by atomic mass is 35.5. The topological polar surface area (TPSA) is 49.3 Å². The molecule has 0 radical (unpaired) electrons. The molecule has 0 bridgehead atoms. The average Bonchev–Trinajstić information content (AvgIpc) is 2.16. The fraction of sp³-hybridized carbons (Fsp3) is 0.364. The van der Waals surface area contributed by atoms with Crippen LogP contribution >= 0.6 is 23.2 Å². The molecule has 0 aliphatic rings. The highest BCUT2D eigenvalue weighted by molar-refractivity contribution is 6.36. The van der Waals surface area contributed by atoms with E-state index in [0.717, 1.165) is 0 Å². The molecule has 2 N–H and O–H groups in total. The van der Waals surface area contributed by atoms with E-state index in [4.69, 9.17) is 28.3 Å². The fourth-order valence-electron chi connectivity index (χ4n) is 1.09. The van der Waals surface area contributed by atoms with Crippen LogP contribution in [0.3, 0.4) is 0 Å². The number of benzene rings is 1. The molecule has 0 unspecified atom stereocenters. The SMILES string of the molecule is CC(C)(CO)NC(=O)c1ccc(Cl)cc1Cl. The van der Waals surface area contributed by atoms with E-state index >= 15 is 0 Å². The molecule has 0 atom stereocenters. The van der Waals surface area contributed by atoms with Gasteiger partial charge >= 0.3 is 0 Å². The Kier molecular flexibility index (Phi) is 4.19. The van der Waals surface area contributed by atoms with Crippen LogP contribution in [0.2, 0.25) is 10.0 Å². The van der Waals surface area contributed by atoms with E-state index in [1.807, 2.05) is 0 Å². The number of aliphatic hydroxyl groups excluding tert-OH is 1. The second-order valence-corrected chi connectivity index (χ2v) is 4.96. The molecule has 0 aromatic heterocycles. The Balaban J connectivity index is 2.89. The van der Waals surface area contributed by atoms with E-state index in [1.165, 1.54) is 6.07 Å². The molecule has 88 valence electrons. The summed E-state index contributed by atoms with van der Waals surface area (Å²) in [7, 11) is 0. The van der Waals surface area contributed by atoms with Gasteiger partial charge in [0.05, 0.1) is 22.7 Å². The maximum absolute atomic E-state index is 11.8. The first-order valence-corrected chi connectivity index (χ1v) is 5.50. The lowest BCUT2D eigenvalue weighted by molar-refractivity contribution is 0.0869. The van der Waals surface area contributed by atoms with E-state index in [9.17, 15) is 4.79 Å². The normalized spacial score (nSPS) is 11.3. The monoisotopic (exact) mass is 261 g/mol. The molecule has 16 heavy (non-hydrogen) atoms. The van der Waals surface area contributed by atoms with Crippen LogP contribution in [0, 0.1) is 0 Å². The zero-order valence-electron chi connectivity index (χ0n) is 9.05. The molecular formula is C11H13Cl2NO2. The number of rotatable bonds is 3. The summed E-state index contributed by atoms with van der Waals surface area (Å²) in [5.74, 6) is -0.333. The number of amides is 1. The average molecular weight is 262 g/mol. The third-order valence-electron chi connectivity index (χ3n) is 2.02. The summed E-state index contributed by atoms with van der Waals surface area (Å²) < 4.78 is 0. The number of aliphatic hydroxyl groups is 1. The number of hydrogen-bond donors (Lipinski definition) is 2. The first-order valence-electron chi connectivity index (χ1n) is 4.74. The van der Waals surface area contributed by atoms with Crippen molar-refractivity contribution in [2.75, 3.05) is 6.61 Å². The van der Waals surface area contributed by atoms with Gasteiger partial charge in [-0.25, -0.2) is 0 Å². The van der Waals surface area contributed by atoms with Crippen LogP contribution in [0.1, 0.15) is 24.2 Å². The molecule has 3 nitrogen and oxygen atoms in total. The van der Waals surface area contributed by atoms with Crippen molar-refractivity contribution in [1.82, 2.24) is 5.32 Å². The van der Waals surface area contributed by atoms with Crippen LogP contribution in [-0.2, 0) is 0 Å². The molecule has 0 aliphatic carbocycles. The van der Waals surface area contributed by atoms with Crippen LogP contribution in [0.25, 0.3) is 0 Å². The Hall–Kier alpha value is -0.770. The third-order valence-corrected chi connectivity index (χ3v) is 2.57. The molecule has 0 spiro atoms. The smallest absolute Gasteiger partial charge is 0.253 e. The summed E-state index contributed by atoms with van der Waals surface area (Å²) in [5, 5.41) is 12.5. The summed E-state index contributed by atoms with van der Waals surface area (Å²) in [6.45, 7) is 3.29. The second-order valence-electron chi connectivity index (χ2n) is 4.12. The van der Waals surface area contributed by atoms with E-state index in [-0.39, 0.29) is 12.5 Å². The standard InChI is InChI=1S/C11H13Cl2NO2/c1-11(2,6-15)14-10(16)8-4-3-7(12)5-9(8)13/h3-5,15H,6H2,1-2H3,(H,14,16). The molecule has 0 saturated heterocycles. The van der Waals surface area contributed by atoms with Gasteiger partial charge in [0.15, 0.2) is 0 Å². The molecule has 0 saturated carbocycles. The predicted octanol–water partition coefficient (Wildman–Crippen LogP) is 2.49. The predicted molar refractivity (Wildman–Crippen MR) is 65.1 cm³/mol. The Morgan fingerprint density at radius 2 is 2.06 bits per heavy atom. The molecule has 0 heterocycles.